The molecule has 0 unspecified atom stereocenters. The van der Waals surface area contributed by atoms with Crippen molar-refractivity contribution < 1.29 is 18.0 Å². The van der Waals surface area contributed by atoms with Gasteiger partial charge in [0.05, 0.1) is 5.39 Å². The van der Waals surface area contributed by atoms with Gasteiger partial charge in [0.15, 0.2) is 0 Å². The molecule has 42 heavy (non-hydrogen) atoms. The average molecular weight is 616 g/mol. The number of carbonyl (C=O) groups excluding carboxylic acids is 2. The van der Waals surface area contributed by atoms with E-state index in [0.29, 0.717) is 53.3 Å². The Morgan fingerprint density at radius 3 is 2.12 bits per heavy atom. The number of nitrogens with zero attached hydrogens (tertiary/aromatic N) is 3. The zero-order valence-corrected chi connectivity index (χ0v) is 27.9. The van der Waals surface area contributed by atoms with Crippen LogP contribution in [0, 0.1) is 11.5 Å². The highest BCUT2D eigenvalue weighted by Gasteiger charge is 2.41. The predicted octanol–water partition coefficient (Wildman–Crippen LogP) is 3.89. The lowest BCUT2D eigenvalue weighted by molar-refractivity contribution is -0.126. The Labute approximate surface area is 250 Å². The number of sulfone groups is 1. The first-order valence-corrected chi connectivity index (χ1v) is 18.9. The number of pyridine rings is 1. The fourth-order valence-electron chi connectivity index (χ4n) is 6.48. The molecule has 1 fully saturated rings. The highest BCUT2D eigenvalue weighted by atomic mass is 32.2. The standard InChI is InChI=1S/C30H45N5O5SSi/c1-19(2)42(20(3)4,21(5)6)16-15-22-17-28(38)35(29-25(22)18-32-30(34-29)41(8,39)40)24-11-9-23(10-12-24)33-27(37)14-13-26(36)31-7/h17-21,23-24H,9-14H2,1-8H3,(H,31,36)(H,33,37). The molecule has 2 heterocycles. The number of hydrogen-bond donors (Lipinski definition) is 2. The molecular formula is C30H45N5O5SSi. The molecule has 12 heteroatoms. The average Bonchev–Trinajstić information content (AvgIpc) is 2.91. The highest BCUT2D eigenvalue weighted by Crippen LogP contribution is 2.41. The molecule has 230 valence electrons. The van der Waals surface area contributed by atoms with Crippen LogP contribution < -0.4 is 16.2 Å². The summed E-state index contributed by atoms with van der Waals surface area (Å²) in [6.07, 6.45) is 5.25. The van der Waals surface area contributed by atoms with E-state index in [1.165, 1.54) is 19.3 Å². The van der Waals surface area contributed by atoms with Gasteiger partial charge in [0.25, 0.3) is 5.56 Å². The van der Waals surface area contributed by atoms with Gasteiger partial charge in [-0.3, -0.25) is 19.0 Å². The molecule has 3 rings (SSSR count). The summed E-state index contributed by atoms with van der Waals surface area (Å²) in [7, 11) is -4.28. The SMILES string of the molecule is CNC(=O)CCC(=O)NC1CCC(n2c(=O)cc(C#C[Si](C(C)C)(C(C)C)C(C)C)c3cnc(S(C)(=O)=O)nc32)CC1. The van der Waals surface area contributed by atoms with E-state index >= 15 is 0 Å². The molecule has 1 aliphatic carbocycles. The van der Waals surface area contributed by atoms with E-state index in [1.807, 2.05) is 0 Å². The summed E-state index contributed by atoms with van der Waals surface area (Å²) in [4.78, 5) is 46.0. The van der Waals surface area contributed by atoms with Crippen LogP contribution in [0.5, 0.6) is 0 Å². The molecule has 2 N–H and O–H groups in total. The quantitative estimate of drug-likeness (QED) is 0.248. The van der Waals surface area contributed by atoms with Crippen molar-refractivity contribution in [2.24, 2.45) is 0 Å². The van der Waals surface area contributed by atoms with Crippen molar-refractivity contribution in [3.8, 4) is 11.5 Å². The molecule has 2 aromatic rings. The van der Waals surface area contributed by atoms with Gasteiger partial charge in [0.1, 0.15) is 13.7 Å². The van der Waals surface area contributed by atoms with E-state index in [-0.39, 0.29) is 53.1 Å². The maximum absolute atomic E-state index is 13.7. The number of carbonyl (C=O) groups is 2. The largest absolute Gasteiger partial charge is 0.359 e. The van der Waals surface area contributed by atoms with E-state index < -0.39 is 17.9 Å². The van der Waals surface area contributed by atoms with Crippen LogP contribution in [0.25, 0.3) is 11.0 Å². The van der Waals surface area contributed by atoms with Crippen molar-refractivity contribution in [2.45, 2.75) is 114 Å². The smallest absolute Gasteiger partial charge is 0.253 e. The molecule has 0 saturated heterocycles. The predicted molar refractivity (Wildman–Crippen MR) is 168 cm³/mol. The summed E-state index contributed by atoms with van der Waals surface area (Å²) in [5.41, 5.74) is 5.38. The van der Waals surface area contributed by atoms with Gasteiger partial charge >= 0.3 is 0 Å². The lowest BCUT2D eigenvalue weighted by atomic mass is 9.90. The first-order chi connectivity index (χ1) is 19.6. The Morgan fingerprint density at radius 2 is 1.60 bits per heavy atom. The molecular weight excluding hydrogens is 571 g/mol. The third-order valence-electron chi connectivity index (χ3n) is 8.67. The molecule has 2 amide bonds. The van der Waals surface area contributed by atoms with Crippen LogP contribution in [0.4, 0.5) is 0 Å². The van der Waals surface area contributed by atoms with Crippen LogP contribution in [0.2, 0.25) is 16.6 Å². The number of nitrogens with one attached hydrogen (secondary N) is 2. The third-order valence-corrected chi connectivity index (χ3v) is 15.8. The number of rotatable bonds is 9. The van der Waals surface area contributed by atoms with Gasteiger partial charge in [0.2, 0.25) is 26.8 Å². The fraction of sp³-hybridized carbons (Fsp3) is 0.633. The molecule has 0 aliphatic heterocycles. The second-order valence-corrected chi connectivity index (χ2v) is 19.8. The zero-order chi connectivity index (χ0) is 31.4. The van der Waals surface area contributed by atoms with E-state index in [2.05, 4.69) is 73.6 Å². The van der Waals surface area contributed by atoms with Crippen LogP contribution in [-0.2, 0) is 19.4 Å². The maximum Gasteiger partial charge on any atom is 0.253 e. The Kier molecular flexibility index (Phi) is 10.8. The molecule has 1 saturated carbocycles. The van der Waals surface area contributed by atoms with Gasteiger partial charge in [-0.1, -0.05) is 47.5 Å². The van der Waals surface area contributed by atoms with Crippen LogP contribution in [0.1, 0.15) is 91.7 Å². The maximum atomic E-state index is 13.7. The summed E-state index contributed by atoms with van der Waals surface area (Å²) in [6.45, 7) is 13.3. The van der Waals surface area contributed by atoms with Crippen molar-refractivity contribution in [3.63, 3.8) is 0 Å². The Morgan fingerprint density at radius 1 is 1.02 bits per heavy atom. The van der Waals surface area contributed by atoms with Gasteiger partial charge in [0, 0.05) is 56.1 Å². The number of fused-ring (bicyclic) bond motifs is 1. The molecule has 0 aromatic carbocycles. The van der Waals surface area contributed by atoms with Gasteiger partial charge in [-0.2, -0.15) is 4.98 Å². The second-order valence-electron chi connectivity index (χ2n) is 12.3. The van der Waals surface area contributed by atoms with Crippen molar-refractivity contribution in [1.82, 2.24) is 25.2 Å². The van der Waals surface area contributed by atoms with Crippen LogP contribution in [-0.4, -0.2) is 62.2 Å². The summed E-state index contributed by atoms with van der Waals surface area (Å²) >= 11 is 0. The fourth-order valence-corrected chi connectivity index (χ4v) is 12.2. The van der Waals surface area contributed by atoms with E-state index in [1.54, 1.807) is 4.57 Å². The number of aromatic nitrogens is 3. The third kappa shape index (κ3) is 7.29. The van der Waals surface area contributed by atoms with Crippen LogP contribution in [0.3, 0.4) is 0 Å². The molecule has 0 radical (unpaired) electrons. The summed E-state index contributed by atoms with van der Waals surface area (Å²) < 4.78 is 26.3. The summed E-state index contributed by atoms with van der Waals surface area (Å²) in [5, 5.41) is 5.72. The normalized spacial score (nSPS) is 17.8. The summed E-state index contributed by atoms with van der Waals surface area (Å²) in [6, 6.07) is 1.25. The zero-order valence-electron chi connectivity index (χ0n) is 26.1. The molecule has 2 aromatic heterocycles. The van der Waals surface area contributed by atoms with Crippen molar-refractivity contribution >= 4 is 40.8 Å². The van der Waals surface area contributed by atoms with E-state index in [9.17, 15) is 22.8 Å². The molecule has 1 aliphatic rings. The summed E-state index contributed by atoms with van der Waals surface area (Å²) in [5.74, 6) is 2.98. The molecule has 0 spiro atoms. The minimum Gasteiger partial charge on any atom is -0.359 e. The van der Waals surface area contributed by atoms with Crippen molar-refractivity contribution in [3.05, 3.63) is 28.2 Å². The number of amides is 2. The van der Waals surface area contributed by atoms with Crippen molar-refractivity contribution in [1.29, 1.82) is 0 Å². The lowest BCUT2D eigenvalue weighted by Crippen LogP contribution is -2.43. The number of hydrogen-bond acceptors (Lipinski definition) is 7. The van der Waals surface area contributed by atoms with Gasteiger partial charge in [-0.15, -0.1) is 5.54 Å². The van der Waals surface area contributed by atoms with Gasteiger partial charge in [-0.05, 0) is 42.3 Å². The minimum atomic E-state index is -3.72. The van der Waals surface area contributed by atoms with Gasteiger partial charge in [-0.25, -0.2) is 13.4 Å². The van der Waals surface area contributed by atoms with E-state index in [0.717, 1.165) is 6.26 Å². The van der Waals surface area contributed by atoms with E-state index in [4.69, 9.17) is 0 Å². The topological polar surface area (TPSA) is 140 Å². The lowest BCUT2D eigenvalue weighted by Gasteiger charge is -2.38. The van der Waals surface area contributed by atoms with Crippen LogP contribution >= 0.6 is 0 Å². The Balaban J connectivity index is 2.02. The first-order valence-electron chi connectivity index (χ1n) is 14.8. The Bertz CT molecular complexity index is 1530. The Hall–Kier alpha value is -3.04. The highest BCUT2D eigenvalue weighted by molar-refractivity contribution is 7.90. The minimum absolute atomic E-state index is 0.0621. The molecule has 10 nitrogen and oxygen atoms in total. The first kappa shape index (κ1) is 33.5. The van der Waals surface area contributed by atoms with Crippen molar-refractivity contribution in [2.75, 3.05) is 13.3 Å². The molecule has 0 bridgehead atoms. The van der Waals surface area contributed by atoms with Crippen LogP contribution in [0.15, 0.2) is 22.2 Å². The van der Waals surface area contributed by atoms with Gasteiger partial charge < -0.3 is 10.6 Å². The monoisotopic (exact) mass is 615 g/mol. The second kappa shape index (κ2) is 13.5. The molecule has 0 atom stereocenters.